The van der Waals surface area contributed by atoms with Crippen LogP contribution < -0.4 is 19.1 Å². The average Bonchev–Trinajstić information content (AvgIpc) is 2.74. The maximum absolute atomic E-state index is 13.5. The van der Waals surface area contributed by atoms with Gasteiger partial charge in [-0.3, -0.25) is 9.10 Å². The van der Waals surface area contributed by atoms with E-state index < -0.39 is 10.0 Å². The first kappa shape index (κ1) is 23.5. The Kier molecular flexibility index (Phi) is 8.53. The fourth-order valence-corrected chi connectivity index (χ4v) is 4.34. The van der Waals surface area contributed by atoms with Crippen LogP contribution in [0.15, 0.2) is 47.4 Å². The lowest BCUT2D eigenvalue weighted by atomic mass is 10.2. The topological polar surface area (TPSA) is 84.9 Å². The molecule has 7 nitrogen and oxygen atoms in total. The van der Waals surface area contributed by atoms with Crippen LogP contribution in [0.4, 0.5) is 5.69 Å². The summed E-state index contributed by atoms with van der Waals surface area (Å²) in [6.45, 7) is 4.09. The molecule has 0 atom stereocenters. The number of hydrogen-bond acceptors (Lipinski definition) is 5. The molecule has 0 bridgehead atoms. The van der Waals surface area contributed by atoms with Crippen LogP contribution in [0.3, 0.4) is 0 Å². The Labute approximate surface area is 179 Å². The second kappa shape index (κ2) is 10.9. The summed E-state index contributed by atoms with van der Waals surface area (Å²) < 4.78 is 38.6. The van der Waals surface area contributed by atoms with Gasteiger partial charge in [-0.2, -0.15) is 0 Å². The summed E-state index contributed by atoms with van der Waals surface area (Å²) >= 11 is 0. The van der Waals surface area contributed by atoms with Gasteiger partial charge in [-0.25, -0.2) is 8.42 Å². The average molecular weight is 435 g/mol. The van der Waals surface area contributed by atoms with Crippen molar-refractivity contribution in [3.63, 3.8) is 0 Å². The van der Waals surface area contributed by atoms with Crippen molar-refractivity contribution in [3.05, 3.63) is 48.0 Å². The molecule has 0 saturated heterocycles. The van der Waals surface area contributed by atoms with E-state index in [0.717, 1.165) is 29.1 Å². The first-order chi connectivity index (χ1) is 14.3. The minimum atomic E-state index is -4.02. The van der Waals surface area contributed by atoms with Gasteiger partial charge >= 0.3 is 0 Å². The van der Waals surface area contributed by atoms with Crippen molar-refractivity contribution in [2.45, 2.75) is 38.0 Å². The van der Waals surface area contributed by atoms with Gasteiger partial charge < -0.3 is 14.8 Å². The molecule has 0 aliphatic carbocycles. The Balaban J connectivity index is 2.45. The smallest absolute Gasteiger partial charge is 0.264 e. The number of carbonyl (C=O) groups is 1. The molecule has 0 aliphatic heterocycles. The lowest BCUT2D eigenvalue weighted by Gasteiger charge is -2.26. The van der Waals surface area contributed by atoms with Gasteiger partial charge in [0.25, 0.3) is 10.0 Å². The zero-order valence-corrected chi connectivity index (χ0v) is 18.8. The van der Waals surface area contributed by atoms with E-state index in [1.807, 2.05) is 6.92 Å². The predicted octanol–water partition coefficient (Wildman–Crippen LogP) is 3.51. The summed E-state index contributed by atoms with van der Waals surface area (Å²) in [6, 6.07) is 11.3. The number of ether oxygens (including phenoxy) is 2. The highest BCUT2D eigenvalue weighted by atomic mass is 32.2. The van der Waals surface area contributed by atoms with Gasteiger partial charge in [0.1, 0.15) is 18.0 Å². The van der Waals surface area contributed by atoms with Gasteiger partial charge in [-0.1, -0.05) is 37.5 Å². The largest absolute Gasteiger partial charge is 0.497 e. The molecule has 0 unspecified atom stereocenters. The first-order valence-electron chi connectivity index (χ1n) is 9.91. The monoisotopic (exact) mass is 434 g/mol. The van der Waals surface area contributed by atoms with Gasteiger partial charge in [-0.05, 0) is 37.6 Å². The number of aryl methyl sites for hydroxylation is 1. The molecule has 0 aliphatic rings. The summed E-state index contributed by atoms with van der Waals surface area (Å²) in [4.78, 5) is 12.7. The lowest BCUT2D eigenvalue weighted by Crippen LogP contribution is -2.41. The quantitative estimate of drug-likeness (QED) is 0.547. The Morgan fingerprint density at radius 3 is 2.33 bits per heavy atom. The van der Waals surface area contributed by atoms with Gasteiger partial charge in [0.15, 0.2) is 0 Å². The van der Waals surface area contributed by atoms with E-state index in [2.05, 4.69) is 12.2 Å². The zero-order chi connectivity index (χ0) is 22.1. The van der Waals surface area contributed by atoms with E-state index in [9.17, 15) is 13.2 Å². The van der Waals surface area contributed by atoms with Crippen molar-refractivity contribution in [3.8, 4) is 11.5 Å². The molecule has 2 aromatic rings. The fourth-order valence-electron chi connectivity index (χ4n) is 2.92. The summed E-state index contributed by atoms with van der Waals surface area (Å²) in [5.74, 6) is 0.398. The van der Waals surface area contributed by atoms with E-state index in [4.69, 9.17) is 9.47 Å². The minimum Gasteiger partial charge on any atom is -0.497 e. The predicted molar refractivity (Wildman–Crippen MR) is 118 cm³/mol. The second-order valence-electron chi connectivity index (χ2n) is 6.92. The molecule has 30 heavy (non-hydrogen) atoms. The molecule has 2 aromatic carbocycles. The SMILES string of the molecule is CCCCCNC(=O)CN(c1cc(OC)ccc1OC)S(=O)(=O)c1ccc(C)cc1. The Morgan fingerprint density at radius 2 is 1.73 bits per heavy atom. The van der Waals surface area contributed by atoms with Crippen LogP contribution in [-0.4, -0.2) is 41.6 Å². The number of anilines is 1. The number of carbonyl (C=O) groups excluding carboxylic acids is 1. The number of rotatable bonds is 11. The van der Waals surface area contributed by atoms with Crippen molar-refractivity contribution in [1.29, 1.82) is 0 Å². The molecule has 0 fully saturated rings. The highest BCUT2D eigenvalue weighted by Crippen LogP contribution is 2.35. The molecule has 0 heterocycles. The van der Waals surface area contributed by atoms with Gasteiger partial charge in [0.05, 0.1) is 24.8 Å². The van der Waals surface area contributed by atoms with Crippen LogP contribution in [0.5, 0.6) is 11.5 Å². The molecule has 0 spiro atoms. The van der Waals surface area contributed by atoms with E-state index in [0.29, 0.717) is 18.0 Å². The third-order valence-corrected chi connectivity index (χ3v) is 6.43. The molecule has 0 saturated carbocycles. The second-order valence-corrected chi connectivity index (χ2v) is 8.78. The minimum absolute atomic E-state index is 0.0942. The van der Waals surface area contributed by atoms with Crippen LogP contribution >= 0.6 is 0 Å². The summed E-state index contributed by atoms with van der Waals surface area (Å²) in [5, 5.41) is 2.80. The number of unbranched alkanes of at least 4 members (excludes halogenated alkanes) is 2. The van der Waals surface area contributed by atoms with E-state index in [-0.39, 0.29) is 23.0 Å². The Bertz CT molecular complexity index is 943. The molecule has 1 N–H and O–H groups in total. The number of hydrogen-bond donors (Lipinski definition) is 1. The van der Waals surface area contributed by atoms with Gasteiger partial charge in [0.2, 0.25) is 5.91 Å². The molecule has 164 valence electrons. The number of amides is 1. The Morgan fingerprint density at radius 1 is 1.03 bits per heavy atom. The third-order valence-electron chi connectivity index (χ3n) is 4.65. The van der Waals surface area contributed by atoms with Crippen LogP contribution in [0.25, 0.3) is 0 Å². The molecule has 2 rings (SSSR count). The van der Waals surface area contributed by atoms with Gasteiger partial charge in [-0.15, -0.1) is 0 Å². The van der Waals surface area contributed by atoms with Crippen molar-refractivity contribution in [2.24, 2.45) is 0 Å². The van der Waals surface area contributed by atoms with Crippen molar-refractivity contribution in [2.75, 3.05) is 31.6 Å². The van der Waals surface area contributed by atoms with E-state index in [1.165, 1.54) is 26.4 Å². The number of methoxy groups -OCH3 is 2. The highest BCUT2D eigenvalue weighted by Gasteiger charge is 2.29. The third kappa shape index (κ3) is 5.89. The van der Waals surface area contributed by atoms with Crippen molar-refractivity contribution >= 4 is 21.6 Å². The number of nitrogens with zero attached hydrogens (tertiary/aromatic N) is 1. The standard InChI is InChI=1S/C22H30N2O5S/c1-5-6-7-14-23-22(25)16-24(20-15-18(28-3)10-13-21(20)29-4)30(26,27)19-11-8-17(2)9-12-19/h8-13,15H,5-7,14,16H2,1-4H3,(H,23,25). The number of sulfonamides is 1. The van der Waals surface area contributed by atoms with E-state index >= 15 is 0 Å². The van der Waals surface area contributed by atoms with E-state index in [1.54, 1.807) is 30.3 Å². The highest BCUT2D eigenvalue weighted by molar-refractivity contribution is 7.92. The maximum Gasteiger partial charge on any atom is 0.264 e. The summed E-state index contributed by atoms with van der Waals surface area (Å²) in [7, 11) is -1.08. The van der Waals surface area contributed by atoms with Crippen molar-refractivity contribution < 1.29 is 22.7 Å². The van der Waals surface area contributed by atoms with Crippen LogP contribution in [0, 0.1) is 6.92 Å². The molecule has 8 heteroatoms. The molecular formula is C22H30N2O5S. The lowest BCUT2D eigenvalue weighted by molar-refractivity contribution is -0.119. The first-order valence-corrected chi connectivity index (χ1v) is 11.4. The van der Waals surface area contributed by atoms with Crippen LogP contribution in [0.1, 0.15) is 31.7 Å². The molecular weight excluding hydrogens is 404 g/mol. The normalized spacial score (nSPS) is 11.1. The number of benzene rings is 2. The molecule has 0 aromatic heterocycles. The maximum atomic E-state index is 13.5. The van der Waals surface area contributed by atoms with Crippen molar-refractivity contribution in [1.82, 2.24) is 5.32 Å². The fraction of sp³-hybridized carbons (Fsp3) is 0.409. The van der Waals surface area contributed by atoms with Gasteiger partial charge in [0, 0.05) is 12.6 Å². The Hall–Kier alpha value is -2.74. The number of nitrogens with one attached hydrogen (secondary N) is 1. The summed E-state index contributed by atoms with van der Waals surface area (Å²) in [5.41, 5.74) is 1.18. The summed E-state index contributed by atoms with van der Waals surface area (Å²) in [6.07, 6.45) is 2.87. The molecule has 1 amide bonds. The van der Waals surface area contributed by atoms with Crippen LogP contribution in [-0.2, 0) is 14.8 Å². The zero-order valence-electron chi connectivity index (χ0n) is 18.0. The van der Waals surface area contributed by atoms with Crippen LogP contribution in [0.2, 0.25) is 0 Å². The molecule has 0 radical (unpaired) electrons.